The van der Waals surface area contributed by atoms with Crippen molar-refractivity contribution < 1.29 is 5.11 Å². The molecule has 0 amide bonds. The van der Waals surface area contributed by atoms with Gasteiger partial charge in [0, 0.05) is 68.6 Å². The van der Waals surface area contributed by atoms with Crippen LogP contribution in [0.3, 0.4) is 0 Å². The van der Waals surface area contributed by atoms with E-state index >= 15 is 0 Å². The number of phenols is 1. The van der Waals surface area contributed by atoms with Crippen molar-refractivity contribution in [3.63, 3.8) is 0 Å². The fraction of sp³-hybridized carbons (Fsp3) is 0. The highest BCUT2D eigenvalue weighted by molar-refractivity contribution is 14.2. The van der Waals surface area contributed by atoms with E-state index in [4.69, 9.17) is 23.2 Å². The van der Waals surface area contributed by atoms with E-state index in [2.05, 4.69) is 26.5 Å². The molecule has 0 fully saturated rings. The summed E-state index contributed by atoms with van der Waals surface area (Å²) >= 11 is 14.3. The normalized spacial score (nSPS) is 11.3. The molecule has 0 saturated heterocycles. The zero-order valence-corrected chi connectivity index (χ0v) is 17.1. The van der Waals surface area contributed by atoms with Crippen LogP contribution in [0.2, 0.25) is 10.0 Å². The first-order chi connectivity index (χ1) is 12.1. The summed E-state index contributed by atoms with van der Waals surface area (Å²) in [4.78, 5) is 0. The van der Waals surface area contributed by atoms with Crippen molar-refractivity contribution in [2.45, 2.75) is 0 Å². The predicted molar refractivity (Wildman–Crippen MR) is 118 cm³/mol. The van der Waals surface area contributed by atoms with Crippen LogP contribution in [0.5, 0.6) is 5.75 Å². The summed E-state index contributed by atoms with van der Waals surface area (Å²) in [6, 6.07) is 16.9. The number of halogens is 3. The van der Waals surface area contributed by atoms with Crippen molar-refractivity contribution >= 4 is 86.7 Å². The highest BCUT2D eigenvalue weighted by Gasteiger charge is 2.16. The van der Waals surface area contributed by atoms with E-state index in [0.29, 0.717) is 10.0 Å². The number of aromatic nitrogens is 1. The molecule has 0 atom stereocenters. The maximum atomic E-state index is 10.6. The predicted octanol–water partition coefficient (Wildman–Crippen LogP) is 7.40. The van der Waals surface area contributed by atoms with Crippen molar-refractivity contribution in [3.05, 3.63) is 64.6 Å². The van der Waals surface area contributed by atoms with Crippen LogP contribution in [-0.4, -0.2) is 9.08 Å². The molecule has 0 spiro atoms. The molecule has 0 unspecified atom stereocenters. The summed E-state index contributed by atoms with van der Waals surface area (Å²) in [7, 11) is 1.51. The molecule has 0 radical (unpaired) electrons. The topological polar surface area (TPSA) is 37.2 Å². The van der Waals surface area contributed by atoms with Gasteiger partial charge >= 0.3 is 0 Å². The molecular weight excluding hydrogens is 490 g/mol. The molecule has 3 nitrogen and oxygen atoms in total. The lowest BCUT2D eigenvalue weighted by Gasteiger charge is -2.09. The van der Waals surface area contributed by atoms with Gasteiger partial charge in [0.25, 0.3) is 0 Å². The molecule has 0 aliphatic rings. The number of hydrogen-bond donors (Lipinski definition) is 2. The molecule has 4 rings (SSSR count). The van der Waals surface area contributed by atoms with Crippen LogP contribution < -0.4 is 5.32 Å². The molecule has 1 aromatic heterocycles. The highest BCUT2D eigenvalue weighted by Crippen LogP contribution is 2.41. The van der Waals surface area contributed by atoms with E-state index in [9.17, 15) is 5.11 Å². The van der Waals surface area contributed by atoms with Crippen molar-refractivity contribution in [1.29, 1.82) is 0 Å². The van der Waals surface area contributed by atoms with E-state index in [-0.39, 0.29) is 5.75 Å². The number of phenolic OH excluding ortho intramolecular Hbond substituents is 1. The Labute approximate surface area is 170 Å². The van der Waals surface area contributed by atoms with Crippen molar-refractivity contribution in [2.24, 2.45) is 0 Å². The Morgan fingerprint density at radius 3 is 2.32 bits per heavy atom. The van der Waals surface area contributed by atoms with Crippen molar-refractivity contribution in [3.8, 4) is 5.75 Å². The van der Waals surface area contributed by atoms with E-state index in [1.807, 2.05) is 52.5 Å². The number of anilines is 2. The Balaban J connectivity index is 1.92. The first-order valence-electron chi connectivity index (χ1n) is 7.35. The monoisotopic (exact) mass is 500 g/mol. The third kappa shape index (κ3) is 3.14. The molecule has 0 bridgehead atoms. The second-order valence-electron chi connectivity index (χ2n) is 5.55. The molecular formula is C18H11Cl2IN2OS. The van der Waals surface area contributed by atoms with Crippen LogP contribution in [0.1, 0.15) is 0 Å². The number of rotatable bonds is 3. The third-order valence-corrected chi connectivity index (χ3v) is 6.15. The minimum Gasteiger partial charge on any atom is -0.506 e. The molecule has 1 heterocycles. The van der Waals surface area contributed by atoms with Crippen LogP contribution >= 0.6 is 53.5 Å². The van der Waals surface area contributed by atoms with Gasteiger partial charge < -0.3 is 10.4 Å². The molecule has 0 saturated carbocycles. The van der Waals surface area contributed by atoms with Gasteiger partial charge in [-0.25, -0.2) is 0 Å². The quantitative estimate of drug-likeness (QED) is 0.288. The average molecular weight is 501 g/mol. The Morgan fingerprint density at radius 1 is 0.880 bits per heavy atom. The molecule has 0 aliphatic heterocycles. The van der Waals surface area contributed by atoms with Crippen molar-refractivity contribution in [2.75, 3.05) is 5.32 Å². The molecule has 7 heteroatoms. The Kier molecular flexibility index (Phi) is 4.66. The number of fused-ring (bicyclic) bond motifs is 3. The lowest BCUT2D eigenvalue weighted by molar-refractivity contribution is 0.480. The number of aromatic hydroxyl groups is 1. The fourth-order valence-corrected chi connectivity index (χ4v) is 4.92. The maximum Gasteiger partial charge on any atom is 0.142 e. The van der Waals surface area contributed by atoms with Gasteiger partial charge in [-0.15, -0.1) is 0 Å². The summed E-state index contributed by atoms with van der Waals surface area (Å²) in [5, 5.41) is 17.2. The smallest absolute Gasteiger partial charge is 0.142 e. The number of nitrogens with zero attached hydrogens (tertiary/aromatic N) is 1. The number of benzene rings is 3. The summed E-state index contributed by atoms with van der Waals surface area (Å²) in [6.45, 7) is 0. The first kappa shape index (κ1) is 17.1. The van der Waals surface area contributed by atoms with Gasteiger partial charge in [0.15, 0.2) is 0 Å². The molecule has 3 aromatic carbocycles. The minimum atomic E-state index is 0.213. The Hall–Kier alpha value is -1.28. The molecule has 126 valence electrons. The van der Waals surface area contributed by atoms with Gasteiger partial charge in [0.05, 0.1) is 5.52 Å². The maximum absolute atomic E-state index is 10.6. The van der Waals surface area contributed by atoms with Gasteiger partial charge in [-0.1, -0.05) is 23.2 Å². The zero-order chi connectivity index (χ0) is 17.6. The molecule has 4 aromatic rings. The van der Waals surface area contributed by atoms with E-state index in [1.165, 1.54) is 9.12 Å². The summed E-state index contributed by atoms with van der Waals surface area (Å²) in [6.07, 6.45) is 0. The first-order valence-corrected chi connectivity index (χ1v) is 11.4. The standard InChI is InChI=1S/C18H11Cl2IN2OS/c19-10-1-4-12(5-2-10)22-13-8-15-14-7-11(20)3-6-16(14)23(25-21)18(15)17(24)9-13/h1-9,22,24H. The third-order valence-electron chi connectivity index (χ3n) is 3.96. The van der Waals surface area contributed by atoms with Gasteiger partial charge in [-0.05, 0) is 48.5 Å². The highest BCUT2D eigenvalue weighted by atomic mass is 127. The molecule has 25 heavy (non-hydrogen) atoms. The Bertz CT molecular complexity index is 1100. The lowest BCUT2D eigenvalue weighted by Crippen LogP contribution is -1.90. The van der Waals surface area contributed by atoms with Crippen molar-refractivity contribution in [1.82, 2.24) is 3.97 Å². The number of nitrogens with one attached hydrogen (secondary N) is 1. The van der Waals surface area contributed by atoms with E-state index < -0.39 is 0 Å². The zero-order valence-electron chi connectivity index (χ0n) is 12.6. The SMILES string of the molecule is Oc1cc(Nc2ccc(Cl)cc2)cc2c3cc(Cl)ccc3n(SI)c12. The van der Waals surface area contributed by atoms with Crippen LogP contribution in [0.25, 0.3) is 21.8 Å². The van der Waals surface area contributed by atoms with E-state index in [0.717, 1.165) is 33.2 Å². The Morgan fingerprint density at radius 2 is 1.60 bits per heavy atom. The van der Waals surface area contributed by atoms with Crippen LogP contribution in [-0.2, 0) is 0 Å². The largest absolute Gasteiger partial charge is 0.506 e. The van der Waals surface area contributed by atoms with Gasteiger partial charge in [-0.2, -0.15) is 0 Å². The second kappa shape index (κ2) is 6.79. The number of hydrogen-bond acceptors (Lipinski definition) is 3. The lowest BCUT2D eigenvalue weighted by atomic mass is 10.1. The summed E-state index contributed by atoms with van der Waals surface area (Å²) in [5.74, 6) is 0.213. The fourth-order valence-electron chi connectivity index (χ4n) is 2.90. The molecule has 0 aliphatic carbocycles. The average Bonchev–Trinajstić information content (AvgIpc) is 2.90. The minimum absolute atomic E-state index is 0.213. The van der Waals surface area contributed by atoms with Gasteiger partial charge in [-0.3, -0.25) is 3.97 Å². The van der Waals surface area contributed by atoms with Crippen LogP contribution in [0.15, 0.2) is 54.6 Å². The summed E-state index contributed by atoms with van der Waals surface area (Å²) in [5.41, 5.74) is 3.48. The molecule has 2 N–H and O–H groups in total. The van der Waals surface area contributed by atoms with Crippen LogP contribution in [0.4, 0.5) is 11.4 Å². The van der Waals surface area contributed by atoms with E-state index in [1.54, 1.807) is 6.07 Å². The van der Waals surface area contributed by atoms with Gasteiger partial charge in [0.2, 0.25) is 0 Å². The second-order valence-corrected chi connectivity index (χ2v) is 8.11. The van der Waals surface area contributed by atoms with Gasteiger partial charge in [0.1, 0.15) is 11.3 Å². The summed E-state index contributed by atoms with van der Waals surface area (Å²) < 4.78 is 2.00. The van der Waals surface area contributed by atoms with Crippen LogP contribution in [0, 0.1) is 0 Å².